The zero-order valence-corrected chi connectivity index (χ0v) is 9.37. The Morgan fingerprint density at radius 2 is 2.33 bits per heavy atom. The summed E-state index contributed by atoms with van der Waals surface area (Å²) >= 11 is 0. The molecule has 0 bridgehead atoms. The second kappa shape index (κ2) is 4.94. The number of hydrogen-bond acceptors (Lipinski definition) is 3. The van der Waals surface area contributed by atoms with Gasteiger partial charge in [0.2, 0.25) is 5.91 Å². The minimum atomic E-state index is 0.0258. The van der Waals surface area contributed by atoms with Crippen molar-refractivity contribution < 1.29 is 9.53 Å². The second-order valence-electron chi connectivity index (χ2n) is 4.63. The van der Waals surface area contributed by atoms with Gasteiger partial charge in [0, 0.05) is 33.1 Å². The predicted molar refractivity (Wildman–Crippen MR) is 57.6 cm³/mol. The Hall–Kier alpha value is -0.610. The Morgan fingerprint density at radius 3 is 3.00 bits per heavy atom. The van der Waals surface area contributed by atoms with Gasteiger partial charge in [0.1, 0.15) is 0 Å². The Labute approximate surface area is 91.0 Å². The largest absolute Gasteiger partial charge is 0.374 e. The highest BCUT2D eigenvalue weighted by Crippen LogP contribution is 2.30. The number of amides is 1. The van der Waals surface area contributed by atoms with Crippen molar-refractivity contribution in [1.29, 1.82) is 0 Å². The third-order valence-corrected chi connectivity index (χ3v) is 3.01. The third-order valence-electron chi connectivity index (χ3n) is 3.01. The number of morpholine rings is 1. The van der Waals surface area contributed by atoms with Crippen molar-refractivity contribution in [2.24, 2.45) is 5.92 Å². The van der Waals surface area contributed by atoms with E-state index in [-0.39, 0.29) is 12.0 Å². The van der Waals surface area contributed by atoms with Gasteiger partial charge in [-0.15, -0.1) is 0 Å². The number of nitrogens with zero attached hydrogens (tertiary/aromatic N) is 1. The van der Waals surface area contributed by atoms with Gasteiger partial charge in [-0.1, -0.05) is 0 Å². The van der Waals surface area contributed by atoms with E-state index in [0.717, 1.165) is 25.6 Å². The molecule has 1 amide bonds. The third kappa shape index (κ3) is 3.80. The van der Waals surface area contributed by atoms with Gasteiger partial charge in [0.25, 0.3) is 0 Å². The van der Waals surface area contributed by atoms with Crippen molar-refractivity contribution in [3.05, 3.63) is 0 Å². The van der Waals surface area contributed by atoms with E-state index >= 15 is 0 Å². The van der Waals surface area contributed by atoms with Crippen molar-refractivity contribution >= 4 is 5.91 Å². The van der Waals surface area contributed by atoms with E-state index in [1.54, 1.807) is 6.92 Å². The summed E-state index contributed by atoms with van der Waals surface area (Å²) in [6.07, 6.45) is 2.97. The monoisotopic (exact) mass is 212 g/mol. The molecule has 1 aliphatic heterocycles. The molecule has 2 rings (SSSR count). The van der Waals surface area contributed by atoms with Gasteiger partial charge in [-0.3, -0.25) is 9.69 Å². The van der Waals surface area contributed by atoms with E-state index < -0.39 is 0 Å². The molecule has 0 aromatic rings. The molecule has 0 spiro atoms. The molecule has 1 N–H and O–H groups in total. The highest BCUT2D eigenvalue weighted by molar-refractivity contribution is 5.72. The van der Waals surface area contributed by atoms with Crippen LogP contribution in [0.1, 0.15) is 19.8 Å². The number of carbonyl (C=O) groups excluding carboxylic acids is 1. The van der Waals surface area contributed by atoms with Crippen molar-refractivity contribution in [2.75, 3.05) is 32.8 Å². The number of ether oxygens (including phenoxy) is 1. The number of rotatable bonds is 4. The molecule has 0 aromatic heterocycles. The van der Waals surface area contributed by atoms with E-state index in [1.165, 1.54) is 19.4 Å². The number of hydrogen-bond donors (Lipinski definition) is 1. The maximum absolute atomic E-state index is 10.8. The topological polar surface area (TPSA) is 41.6 Å². The van der Waals surface area contributed by atoms with Crippen LogP contribution in [0.2, 0.25) is 0 Å². The first kappa shape index (κ1) is 10.9. The van der Waals surface area contributed by atoms with Gasteiger partial charge in [-0.05, 0) is 18.8 Å². The van der Waals surface area contributed by atoms with E-state index in [2.05, 4.69) is 10.2 Å². The number of carbonyl (C=O) groups is 1. The van der Waals surface area contributed by atoms with Gasteiger partial charge in [0.05, 0.1) is 12.7 Å². The van der Waals surface area contributed by atoms with E-state index in [0.29, 0.717) is 6.54 Å². The average molecular weight is 212 g/mol. The Kier molecular flexibility index (Phi) is 3.59. The quantitative estimate of drug-likeness (QED) is 0.725. The minimum absolute atomic E-state index is 0.0258. The van der Waals surface area contributed by atoms with Gasteiger partial charge in [-0.2, -0.15) is 0 Å². The molecule has 2 fully saturated rings. The normalized spacial score (nSPS) is 27.7. The molecule has 4 nitrogen and oxygen atoms in total. The fourth-order valence-electron chi connectivity index (χ4n) is 1.99. The van der Waals surface area contributed by atoms with Gasteiger partial charge >= 0.3 is 0 Å². The fraction of sp³-hybridized carbons (Fsp3) is 0.909. The van der Waals surface area contributed by atoms with Crippen LogP contribution < -0.4 is 5.32 Å². The molecule has 1 aliphatic carbocycles. The number of nitrogens with one attached hydrogen (secondary N) is 1. The predicted octanol–water partition coefficient (Wildman–Crippen LogP) is 0.233. The lowest BCUT2D eigenvalue weighted by Crippen LogP contribution is -2.47. The molecular formula is C11H20N2O2. The summed E-state index contributed by atoms with van der Waals surface area (Å²) in [5, 5.41) is 2.81. The van der Waals surface area contributed by atoms with Gasteiger partial charge in [0.15, 0.2) is 0 Å². The lowest BCUT2D eigenvalue weighted by Gasteiger charge is -2.32. The van der Waals surface area contributed by atoms with Crippen LogP contribution in [0.5, 0.6) is 0 Å². The molecule has 0 aromatic carbocycles. The first-order valence-corrected chi connectivity index (χ1v) is 5.82. The van der Waals surface area contributed by atoms with Crippen LogP contribution >= 0.6 is 0 Å². The molecule has 1 atom stereocenters. The lowest BCUT2D eigenvalue weighted by atomic mass is 10.2. The molecule has 0 radical (unpaired) electrons. The first-order chi connectivity index (χ1) is 7.24. The van der Waals surface area contributed by atoms with Crippen molar-refractivity contribution in [1.82, 2.24) is 10.2 Å². The molecule has 15 heavy (non-hydrogen) atoms. The van der Waals surface area contributed by atoms with Crippen LogP contribution in [0.4, 0.5) is 0 Å². The summed E-state index contributed by atoms with van der Waals surface area (Å²) in [5.41, 5.74) is 0. The van der Waals surface area contributed by atoms with Crippen LogP contribution in [0.15, 0.2) is 0 Å². The van der Waals surface area contributed by atoms with Crippen LogP contribution in [0.3, 0.4) is 0 Å². The molecule has 2 aliphatic rings. The van der Waals surface area contributed by atoms with Crippen LogP contribution in [0, 0.1) is 5.92 Å². The maximum atomic E-state index is 10.8. The fourth-order valence-corrected chi connectivity index (χ4v) is 1.99. The summed E-state index contributed by atoms with van der Waals surface area (Å²) in [5.74, 6) is 0.961. The standard InChI is InChI=1S/C11H20N2O2/c1-9(14)12-6-11-8-13(4-5-15-11)7-10-2-3-10/h10-11H,2-8H2,1H3,(H,12,14). The Bertz CT molecular complexity index is 229. The highest BCUT2D eigenvalue weighted by Gasteiger charge is 2.27. The summed E-state index contributed by atoms with van der Waals surface area (Å²) in [6, 6.07) is 0. The van der Waals surface area contributed by atoms with Crippen molar-refractivity contribution in [3.63, 3.8) is 0 Å². The average Bonchev–Trinajstić information content (AvgIpc) is 2.99. The van der Waals surface area contributed by atoms with E-state index in [4.69, 9.17) is 4.74 Å². The Morgan fingerprint density at radius 1 is 1.53 bits per heavy atom. The minimum Gasteiger partial charge on any atom is -0.374 e. The molecule has 1 unspecified atom stereocenters. The van der Waals surface area contributed by atoms with Gasteiger partial charge in [-0.25, -0.2) is 0 Å². The molecule has 1 heterocycles. The van der Waals surface area contributed by atoms with Crippen molar-refractivity contribution in [2.45, 2.75) is 25.9 Å². The van der Waals surface area contributed by atoms with Crippen LogP contribution in [-0.2, 0) is 9.53 Å². The summed E-state index contributed by atoms with van der Waals surface area (Å²) in [4.78, 5) is 13.2. The Balaban J connectivity index is 1.68. The molecule has 1 saturated carbocycles. The smallest absolute Gasteiger partial charge is 0.216 e. The summed E-state index contributed by atoms with van der Waals surface area (Å²) in [7, 11) is 0. The van der Waals surface area contributed by atoms with Crippen LogP contribution in [-0.4, -0.2) is 49.7 Å². The van der Waals surface area contributed by atoms with Gasteiger partial charge < -0.3 is 10.1 Å². The zero-order chi connectivity index (χ0) is 10.7. The van der Waals surface area contributed by atoms with Crippen molar-refractivity contribution in [3.8, 4) is 0 Å². The van der Waals surface area contributed by atoms with E-state index in [1.807, 2.05) is 0 Å². The molecule has 1 saturated heterocycles. The maximum Gasteiger partial charge on any atom is 0.216 e. The summed E-state index contributed by atoms with van der Waals surface area (Å²) < 4.78 is 5.60. The zero-order valence-electron chi connectivity index (χ0n) is 9.37. The lowest BCUT2D eigenvalue weighted by molar-refractivity contribution is -0.120. The van der Waals surface area contributed by atoms with Crippen LogP contribution in [0.25, 0.3) is 0 Å². The SMILES string of the molecule is CC(=O)NCC1CN(CC2CC2)CCO1. The molecular weight excluding hydrogens is 192 g/mol. The summed E-state index contributed by atoms with van der Waals surface area (Å²) in [6.45, 7) is 6.24. The van der Waals surface area contributed by atoms with E-state index in [9.17, 15) is 4.79 Å². The molecule has 86 valence electrons. The first-order valence-electron chi connectivity index (χ1n) is 5.82. The second-order valence-corrected chi connectivity index (χ2v) is 4.63. The molecule has 4 heteroatoms. The highest BCUT2D eigenvalue weighted by atomic mass is 16.5.